The second-order valence-electron chi connectivity index (χ2n) is 26.5. The van der Waals surface area contributed by atoms with Crippen LogP contribution in [0, 0.1) is 71.0 Å². The zero-order valence-corrected chi connectivity index (χ0v) is 42.9. The summed E-state index contributed by atoms with van der Waals surface area (Å²) in [6, 6.07) is 0. The molecule has 0 amide bonds. The molecule has 0 aromatic rings. The van der Waals surface area contributed by atoms with Gasteiger partial charge in [-0.1, -0.05) is 12.2 Å². The van der Waals surface area contributed by atoms with Gasteiger partial charge in [-0.3, -0.25) is 9.59 Å². The van der Waals surface area contributed by atoms with E-state index in [1.807, 2.05) is 0 Å². The molecule has 18 rings (SSSR count). The number of ether oxygens (including phenoxy) is 6. The maximum absolute atomic E-state index is 11.9. The van der Waals surface area contributed by atoms with Crippen LogP contribution in [-0.4, -0.2) is 120 Å². The predicted molar refractivity (Wildman–Crippen MR) is 259 cm³/mol. The molecule has 18 aliphatic rings. The lowest BCUT2D eigenvalue weighted by Gasteiger charge is -2.78. The SMILES string of the molecule is C=CCCC(=O)OCCOC12CC3CC(C1)C1(OOC14C1CC5CC4CC(OCCOC(=O)CCC=C)(C5)C1)C(C3)C2.OCCOC12CC3CC(C1)C1(OOC14C1CC5CC4CC(OCCO)(C5)C1)C(C3)C2. The van der Waals surface area contributed by atoms with Crippen LogP contribution >= 0.6 is 0 Å². The summed E-state index contributed by atoms with van der Waals surface area (Å²) in [5, 5.41) is 18.7. The van der Waals surface area contributed by atoms with Gasteiger partial charge in [0.25, 0.3) is 0 Å². The first-order valence-corrected chi connectivity index (χ1v) is 29.0. The third-order valence-electron chi connectivity index (χ3n) is 22.9. The number of esters is 2. The second kappa shape index (κ2) is 18.3. The van der Waals surface area contributed by atoms with E-state index in [2.05, 4.69) is 13.2 Å². The Bertz CT molecular complexity index is 1880. The lowest BCUT2D eigenvalue weighted by atomic mass is 9.36. The lowest BCUT2D eigenvalue weighted by Crippen LogP contribution is -2.86. The van der Waals surface area contributed by atoms with Gasteiger partial charge in [-0.2, -0.15) is 0 Å². The Hall–Kier alpha value is -1.98. The third kappa shape index (κ3) is 7.34. The summed E-state index contributed by atoms with van der Waals surface area (Å²) in [6.07, 6.45) is 28.2. The normalized spacial score (nSPS) is 51.1. The van der Waals surface area contributed by atoms with Gasteiger partial charge in [-0.15, -0.1) is 13.2 Å². The predicted octanol–water partition coefficient (Wildman–Crippen LogP) is 8.24. The highest BCUT2D eigenvalue weighted by Crippen LogP contribution is 2.78. The molecule has 4 spiro atoms. The topological polar surface area (TPSA) is 167 Å². The minimum atomic E-state index is -0.210. The van der Waals surface area contributed by atoms with E-state index in [4.69, 9.17) is 48.0 Å². The van der Waals surface area contributed by atoms with Crippen LogP contribution in [0.15, 0.2) is 25.3 Å². The Kier molecular flexibility index (Phi) is 12.6. The number of rotatable bonds is 20. The van der Waals surface area contributed by atoms with Crippen molar-refractivity contribution in [1.82, 2.24) is 0 Å². The molecule has 0 aromatic carbocycles. The highest BCUT2D eigenvalue weighted by Gasteiger charge is 2.85. The lowest BCUT2D eigenvalue weighted by molar-refractivity contribution is -0.618. The summed E-state index contributed by atoms with van der Waals surface area (Å²) in [5.74, 6) is 6.29. The molecule has 8 atom stereocenters. The van der Waals surface area contributed by atoms with Crippen molar-refractivity contribution in [3.05, 3.63) is 25.3 Å². The molecule has 400 valence electrons. The molecular formula is C58H84O14. The van der Waals surface area contributed by atoms with Gasteiger partial charge in [-0.05, 0) is 212 Å². The average molecular weight is 1010 g/mol. The minimum Gasteiger partial charge on any atom is -0.463 e. The van der Waals surface area contributed by atoms with Crippen LogP contribution in [0.2, 0.25) is 0 Å². The third-order valence-corrected chi connectivity index (χ3v) is 22.9. The van der Waals surface area contributed by atoms with Gasteiger partial charge in [0.2, 0.25) is 0 Å². The van der Waals surface area contributed by atoms with E-state index in [0.29, 0.717) is 125 Å². The van der Waals surface area contributed by atoms with E-state index < -0.39 is 0 Å². The fourth-order valence-electron chi connectivity index (χ4n) is 21.8. The molecule has 2 heterocycles. The Labute approximate surface area is 426 Å². The highest BCUT2D eigenvalue weighted by molar-refractivity contribution is 5.69. The van der Waals surface area contributed by atoms with Crippen LogP contribution in [0.25, 0.3) is 0 Å². The van der Waals surface area contributed by atoms with Crippen LogP contribution in [0.4, 0.5) is 0 Å². The van der Waals surface area contributed by atoms with Gasteiger partial charge < -0.3 is 38.6 Å². The molecule has 14 nitrogen and oxygen atoms in total. The van der Waals surface area contributed by atoms with Crippen LogP contribution in [0.5, 0.6) is 0 Å². The number of aliphatic hydroxyl groups excluding tert-OH is 2. The highest BCUT2D eigenvalue weighted by atomic mass is 17.3. The monoisotopic (exact) mass is 1000 g/mol. The van der Waals surface area contributed by atoms with Crippen molar-refractivity contribution in [3.8, 4) is 0 Å². The van der Waals surface area contributed by atoms with E-state index in [1.54, 1.807) is 12.2 Å². The number of aliphatic hydroxyl groups is 2. The second-order valence-corrected chi connectivity index (χ2v) is 26.5. The maximum Gasteiger partial charge on any atom is 0.306 e. The summed E-state index contributed by atoms with van der Waals surface area (Å²) in [7, 11) is 0. The maximum atomic E-state index is 11.9. The average Bonchev–Trinajstić information content (AvgIpc) is 3.33. The standard InChI is InChI=1S/C34H48O8.C24H36O6/c1-3-5-7-29(35)37-9-11-39-31-17-23-13-25(19-31)33(26(14-23)20-31)34(42-41-33)27-15-24-16-28(34)22-32(18-24,21-27)40-12-10-38-30(36)8-6-4-2;25-1-3-27-21-9-15-5-17(11-21)23(18(6-15)12-21)24(30-29-23)19-7-16-8-20(24)14-22(10-16,13-19)28-4-2-26/h3-4,23-28H,1-2,5-22H2;15-20,25-26H,1-14H2. The number of carbonyl (C=O) groups excluding carboxylic acids is 2. The van der Waals surface area contributed by atoms with E-state index in [9.17, 15) is 19.8 Å². The first-order valence-electron chi connectivity index (χ1n) is 29.0. The van der Waals surface area contributed by atoms with Crippen molar-refractivity contribution in [3.63, 3.8) is 0 Å². The first kappa shape index (κ1) is 49.6. The van der Waals surface area contributed by atoms with Crippen molar-refractivity contribution in [1.29, 1.82) is 0 Å². The Morgan fingerprint density at radius 1 is 0.403 bits per heavy atom. The van der Waals surface area contributed by atoms with Gasteiger partial charge in [-0.25, -0.2) is 19.6 Å². The fourth-order valence-corrected chi connectivity index (χ4v) is 21.8. The number of carbonyl (C=O) groups is 2. The molecule has 14 heteroatoms. The molecule has 2 N–H and O–H groups in total. The van der Waals surface area contributed by atoms with Gasteiger partial charge in [0.15, 0.2) is 0 Å². The van der Waals surface area contributed by atoms with Gasteiger partial charge in [0.1, 0.15) is 35.6 Å². The minimum absolute atomic E-state index is 0.0397. The molecule has 16 saturated carbocycles. The van der Waals surface area contributed by atoms with E-state index >= 15 is 0 Å². The van der Waals surface area contributed by atoms with Crippen LogP contribution in [-0.2, 0) is 57.6 Å². The molecule has 72 heavy (non-hydrogen) atoms. The molecular weight excluding hydrogens is 921 g/mol. The van der Waals surface area contributed by atoms with Crippen molar-refractivity contribution in [2.45, 2.75) is 199 Å². The molecule has 0 radical (unpaired) electrons. The summed E-state index contributed by atoms with van der Waals surface area (Å²) in [4.78, 5) is 49.5. The first-order chi connectivity index (χ1) is 34.9. The van der Waals surface area contributed by atoms with Crippen molar-refractivity contribution < 1.29 is 67.8 Å². The summed E-state index contributed by atoms with van der Waals surface area (Å²) < 4.78 is 36.7. The largest absolute Gasteiger partial charge is 0.463 e. The van der Waals surface area contributed by atoms with Crippen LogP contribution in [0.1, 0.15) is 154 Å². The van der Waals surface area contributed by atoms with E-state index in [0.717, 1.165) is 88.9 Å². The van der Waals surface area contributed by atoms with E-state index in [1.165, 1.54) is 51.4 Å². The molecule has 0 aromatic heterocycles. The summed E-state index contributed by atoms with van der Waals surface area (Å²) in [5.41, 5.74) is -1.02. The Balaban J connectivity index is 0.000000147. The van der Waals surface area contributed by atoms with Gasteiger partial charge in [0.05, 0.1) is 62.0 Å². The summed E-state index contributed by atoms with van der Waals surface area (Å²) in [6.45, 7) is 10.0. The zero-order valence-electron chi connectivity index (χ0n) is 42.9. The Morgan fingerprint density at radius 3 is 0.875 bits per heavy atom. The molecule has 2 aliphatic heterocycles. The van der Waals surface area contributed by atoms with Gasteiger partial charge in [0, 0.05) is 12.8 Å². The number of hydrogen-bond donors (Lipinski definition) is 2. The molecule has 8 unspecified atom stereocenters. The van der Waals surface area contributed by atoms with Crippen molar-refractivity contribution in [2.24, 2.45) is 71.0 Å². The zero-order chi connectivity index (χ0) is 49.2. The smallest absolute Gasteiger partial charge is 0.306 e. The van der Waals surface area contributed by atoms with Crippen molar-refractivity contribution >= 4 is 11.9 Å². The quantitative estimate of drug-likeness (QED) is 0.0518. The van der Waals surface area contributed by atoms with E-state index in [-0.39, 0.29) is 70.0 Å². The molecule has 16 bridgehead atoms. The fraction of sp³-hybridized carbons (Fsp3) is 0.897. The molecule has 18 fully saturated rings. The summed E-state index contributed by atoms with van der Waals surface area (Å²) >= 11 is 0. The molecule has 16 aliphatic carbocycles. The van der Waals surface area contributed by atoms with Crippen LogP contribution < -0.4 is 0 Å². The van der Waals surface area contributed by atoms with Gasteiger partial charge >= 0.3 is 11.9 Å². The van der Waals surface area contributed by atoms with Crippen LogP contribution in [0.3, 0.4) is 0 Å². The number of allylic oxidation sites excluding steroid dienone is 2. The Morgan fingerprint density at radius 2 is 0.653 bits per heavy atom. The van der Waals surface area contributed by atoms with Crippen molar-refractivity contribution in [2.75, 3.05) is 52.9 Å². The number of hydrogen-bond acceptors (Lipinski definition) is 14. The molecule has 2 saturated heterocycles.